The number of amides is 1. The lowest BCUT2D eigenvalue weighted by molar-refractivity contribution is -0.124. The fraction of sp³-hybridized carbons (Fsp3) is 0.409. The van der Waals surface area contributed by atoms with Gasteiger partial charge < -0.3 is 20.1 Å². The van der Waals surface area contributed by atoms with Crippen molar-refractivity contribution in [1.29, 1.82) is 0 Å². The molecular formula is C22H29ClN2O3. The molecule has 6 heteroatoms. The number of hydrogen-bond donors (Lipinski definition) is 2. The van der Waals surface area contributed by atoms with Crippen LogP contribution < -0.4 is 20.1 Å². The molecule has 0 aliphatic carbocycles. The zero-order valence-electron chi connectivity index (χ0n) is 17.1. The first-order valence-electron chi connectivity index (χ1n) is 9.28. The van der Waals surface area contributed by atoms with E-state index < -0.39 is 0 Å². The molecule has 0 heterocycles. The first-order chi connectivity index (χ1) is 13.2. The Morgan fingerprint density at radius 2 is 1.86 bits per heavy atom. The fourth-order valence-corrected chi connectivity index (χ4v) is 3.03. The molecule has 2 rings (SSSR count). The van der Waals surface area contributed by atoms with Gasteiger partial charge in [0.1, 0.15) is 0 Å². The van der Waals surface area contributed by atoms with E-state index in [2.05, 4.69) is 29.7 Å². The first-order valence-corrected chi connectivity index (χ1v) is 9.66. The number of rotatable bonds is 8. The molecule has 152 valence electrons. The van der Waals surface area contributed by atoms with Gasteiger partial charge in [-0.15, -0.1) is 0 Å². The van der Waals surface area contributed by atoms with E-state index in [4.69, 9.17) is 21.1 Å². The van der Waals surface area contributed by atoms with Crippen LogP contribution in [-0.2, 0) is 11.3 Å². The molecule has 0 spiro atoms. The van der Waals surface area contributed by atoms with Gasteiger partial charge in [0.15, 0.2) is 18.1 Å². The van der Waals surface area contributed by atoms with Crippen LogP contribution in [-0.4, -0.2) is 25.2 Å². The fourth-order valence-electron chi connectivity index (χ4n) is 2.74. The molecule has 0 aromatic heterocycles. The summed E-state index contributed by atoms with van der Waals surface area (Å²) in [5.41, 5.74) is 1.86. The van der Waals surface area contributed by atoms with Gasteiger partial charge >= 0.3 is 0 Å². The van der Waals surface area contributed by atoms with Crippen LogP contribution in [0.25, 0.3) is 0 Å². The maximum atomic E-state index is 12.0. The predicted octanol–water partition coefficient (Wildman–Crippen LogP) is 4.49. The van der Waals surface area contributed by atoms with Crippen LogP contribution >= 0.6 is 11.6 Å². The molecule has 0 saturated carbocycles. The maximum absolute atomic E-state index is 12.0. The highest BCUT2D eigenvalue weighted by molar-refractivity contribution is 6.32. The SMILES string of the molecule is COc1cc(CNC(C)c2ccccc2)cc(Cl)c1OCC(=O)NC(C)(C)C. The highest BCUT2D eigenvalue weighted by atomic mass is 35.5. The standard InChI is InChI=1S/C22H29ClN2O3/c1-15(17-9-7-6-8-10-17)24-13-16-11-18(23)21(19(12-16)27-5)28-14-20(26)25-22(2,3)4/h6-12,15,24H,13-14H2,1-5H3,(H,25,26). The van der Waals surface area contributed by atoms with Crippen LogP contribution in [0.2, 0.25) is 5.02 Å². The third-order valence-electron chi connectivity index (χ3n) is 4.06. The van der Waals surface area contributed by atoms with Gasteiger partial charge in [-0.1, -0.05) is 41.9 Å². The lowest BCUT2D eigenvalue weighted by atomic mass is 10.1. The molecule has 0 aliphatic heterocycles. The van der Waals surface area contributed by atoms with E-state index >= 15 is 0 Å². The summed E-state index contributed by atoms with van der Waals surface area (Å²) in [4.78, 5) is 12.0. The summed E-state index contributed by atoms with van der Waals surface area (Å²) in [6.45, 7) is 8.34. The monoisotopic (exact) mass is 404 g/mol. The number of carbonyl (C=O) groups excluding carboxylic acids is 1. The average molecular weight is 405 g/mol. The summed E-state index contributed by atoms with van der Waals surface area (Å²) in [6, 6.07) is 14.1. The summed E-state index contributed by atoms with van der Waals surface area (Å²) in [6.07, 6.45) is 0. The maximum Gasteiger partial charge on any atom is 0.258 e. The van der Waals surface area contributed by atoms with E-state index in [9.17, 15) is 4.79 Å². The molecular weight excluding hydrogens is 376 g/mol. The zero-order valence-corrected chi connectivity index (χ0v) is 17.9. The van der Waals surface area contributed by atoms with Gasteiger partial charge in [0.05, 0.1) is 12.1 Å². The Hall–Kier alpha value is -2.24. The van der Waals surface area contributed by atoms with E-state index in [0.29, 0.717) is 23.1 Å². The number of nitrogens with one attached hydrogen (secondary N) is 2. The van der Waals surface area contributed by atoms with Gasteiger partial charge in [0.25, 0.3) is 5.91 Å². The summed E-state index contributed by atoms with van der Waals surface area (Å²) in [5.74, 6) is 0.654. The largest absolute Gasteiger partial charge is 0.493 e. The molecule has 0 radical (unpaired) electrons. The lowest BCUT2D eigenvalue weighted by Gasteiger charge is -2.21. The van der Waals surface area contributed by atoms with Crippen molar-refractivity contribution in [2.24, 2.45) is 0 Å². The third kappa shape index (κ3) is 6.73. The van der Waals surface area contributed by atoms with Gasteiger partial charge in [-0.2, -0.15) is 0 Å². The van der Waals surface area contributed by atoms with E-state index in [1.165, 1.54) is 5.56 Å². The lowest BCUT2D eigenvalue weighted by Crippen LogP contribution is -2.43. The molecule has 0 bridgehead atoms. The molecule has 28 heavy (non-hydrogen) atoms. The minimum Gasteiger partial charge on any atom is -0.493 e. The highest BCUT2D eigenvalue weighted by Gasteiger charge is 2.17. The van der Waals surface area contributed by atoms with Gasteiger partial charge in [-0.25, -0.2) is 0 Å². The zero-order chi connectivity index (χ0) is 20.7. The minimum absolute atomic E-state index is 0.129. The van der Waals surface area contributed by atoms with Gasteiger partial charge in [0.2, 0.25) is 0 Å². The second-order valence-corrected chi connectivity index (χ2v) is 8.12. The summed E-state index contributed by atoms with van der Waals surface area (Å²) in [7, 11) is 1.55. The van der Waals surface area contributed by atoms with E-state index in [1.807, 2.05) is 51.1 Å². The first kappa shape index (κ1) is 22.1. The number of ether oxygens (including phenoxy) is 2. The third-order valence-corrected chi connectivity index (χ3v) is 4.34. The second-order valence-electron chi connectivity index (χ2n) is 7.71. The Morgan fingerprint density at radius 3 is 2.46 bits per heavy atom. The van der Waals surface area contributed by atoms with Gasteiger partial charge in [-0.3, -0.25) is 4.79 Å². The number of carbonyl (C=O) groups is 1. The molecule has 1 unspecified atom stereocenters. The Bertz CT molecular complexity index is 788. The Morgan fingerprint density at radius 1 is 1.18 bits per heavy atom. The Balaban J connectivity index is 2.03. The molecule has 2 N–H and O–H groups in total. The van der Waals surface area contributed by atoms with Crippen molar-refractivity contribution >= 4 is 17.5 Å². The summed E-state index contributed by atoms with van der Waals surface area (Å²) >= 11 is 6.40. The van der Waals surface area contributed by atoms with Crippen LogP contribution in [0.15, 0.2) is 42.5 Å². The van der Waals surface area contributed by atoms with Gasteiger partial charge in [-0.05, 0) is 51.0 Å². The number of methoxy groups -OCH3 is 1. The van der Waals surface area contributed by atoms with Crippen LogP contribution in [0, 0.1) is 0 Å². The molecule has 2 aromatic rings. The van der Waals surface area contributed by atoms with Crippen molar-refractivity contribution < 1.29 is 14.3 Å². The number of halogens is 1. The molecule has 1 atom stereocenters. The van der Waals surface area contributed by atoms with Crippen molar-refractivity contribution in [3.8, 4) is 11.5 Å². The van der Waals surface area contributed by atoms with Crippen LogP contribution in [0.1, 0.15) is 44.9 Å². The van der Waals surface area contributed by atoms with Crippen LogP contribution in [0.3, 0.4) is 0 Å². The van der Waals surface area contributed by atoms with Crippen molar-refractivity contribution in [3.05, 3.63) is 58.6 Å². The summed E-state index contributed by atoms with van der Waals surface area (Å²) in [5, 5.41) is 6.73. The molecule has 1 amide bonds. The highest BCUT2D eigenvalue weighted by Crippen LogP contribution is 2.36. The van der Waals surface area contributed by atoms with E-state index in [-0.39, 0.29) is 24.1 Å². The predicted molar refractivity (Wildman–Crippen MR) is 113 cm³/mol. The Labute approximate surface area is 172 Å². The number of hydrogen-bond acceptors (Lipinski definition) is 4. The van der Waals surface area contributed by atoms with Crippen molar-refractivity contribution in [2.75, 3.05) is 13.7 Å². The Kier molecular flexibility index (Phi) is 7.72. The van der Waals surface area contributed by atoms with E-state index in [0.717, 1.165) is 5.56 Å². The normalized spacial score (nSPS) is 12.4. The average Bonchev–Trinajstić information content (AvgIpc) is 2.64. The minimum atomic E-state index is -0.320. The molecule has 0 saturated heterocycles. The summed E-state index contributed by atoms with van der Waals surface area (Å²) < 4.78 is 11.0. The van der Waals surface area contributed by atoms with Crippen molar-refractivity contribution in [1.82, 2.24) is 10.6 Å². The number of benzene rings is 2. The van der Waals surface area contributed by atoms with Crippen molar-refractivity contribution in [3.63, 3.8) is 0 Å². The van der Waals surface area contributed by atoms with E-state index in [1.54, 1.807) is 7.11 Å². The van der Waals surface area contributed by atoms with Gasteiger partial charge in [0, 0.05) is 18.1 Å². The van der Waals surface area contributed by atoms with Crippen LogP contribution in [0.5, 0.6) is 11.5 Å². The quantitative estimate of drug-likeness (QED) is 0.680. The molecule has 5 nitrogen and oxygen atoms in total. The van der Waals surface area contributed by atoms with Crippen molar-refractivity contribution in [2.45, 2.75) is 45.8 Å². The molecule has 2 aromatic carbocycles. The smallest absolute Gasteiger partial charge is 0.258 e. The van der Waals surface area contributed by atoms with Crippen LogP contribution in [0.4, 0.5) is 0 Å². The molecule has 0 fully saturated rings. The second kappa shape index (κ2) is 9.80. The molecule has 0 aliphatic rings. The topological polar surface area (TPSA) is 59.6 Å².